The van der Waals surface area contributed by atoms with Crippen molar-refractivity contribution in [2.45, 2.75) is 38.4 Å². The lowest BCUT2D eigenvalue weighted by Crippen LogP contribution is -2.40. The molecule has 0 unspecified atom stereocenters. The highest BCUT2D eigenvalue weighted by molar-refractivity contribution is 6.01. The Morgan fingerprint density at radius 3 is 2.78 bits per heavy atom. The van der Waals surface area contributed by atoms with Gasteiger partial charge in [-0.3, -0.25) is 4.79 Å². The van der Waals surface area contributed by atoms with Gasteiger partial charge in [-0.2, -0.15) is 0 Å². The van der Waals surface area contributed by atoms with E-state index in [0.29, 0.717) is 5.56 Å². The van der Waals surface area contributed by atoms with Crippen LogP contribution in [-0.2, 0) is 12.2 Å². The van der Waals surface area contributed by atoms with E-state index in [9.17, 15) is 4.79 Å². The monoisotopic (exact) mass is 244 g/mol. The molecule has 5 nitrogen and oxygen atoms in total. The summed E-state index contributed by atoms with van der Waals surface area (Å²) in [6, 6.07) is 5.85. The molecule has 0 saturated carbocycles. The number of nitrogens with two attached hydrogens (primary N) is 1. The van der Waals surface area contributed by atoms with Crippen molar-refractivity contribution >= 4 is 5.91 Å². The minimum atomic E-state index is -0.896. The first-order chi connectivity index (χ1) is 8.70. The van der Waals surface area contributed by atoms with E-state index in [0.717, 1.165) is 29.0 Å². The highest BCUT2D eigenvalue weighted by Crippen LogP contribution is 2.48. The molecule has 0 radical (unpaired) electrons. The number of hydrogen-bond acceptors (Lipinski definition) is 4. The average Bonchev–Trinajstić information content (AvgIpc) is 3.15. The number of hydrogen-bond donors (Lipinski definition) is 1. The van der Waals surface area contributed by atoms with Crippen LogP contribution in [0.15, 0.2) is 28.4 Å². The molecule has 0 aromatic heterocycles. The first-order valence-electron chi connectivity index (χ1n) is 6.36. The van der Waals surface area contributed by atoms with Gasteiger partial charge < -0.3 is 0 Å². The third kappa shape index (κ3) is 1.40. The quantitative estimate of drug-likeness (QED) is 0.501. The number of unbranched alkanes of at least 4 members (excludes halogenated alkanes) is 2. The van der Waals surface area contributed by atoms with E-state index in [4.69, 9.17) is 5.84 Å². The molecule has 0 saturated heterocycles. The smallest absolute Gasteiger partial charge is 0.267 e. The SMILES string of the molecule is CCCCCc1cccc2c1C(=O)N(N)C21N=N1. The molecule has 0 fully saturated rings. The third-order valence-electron chi connectivity index (χ3n) is 3.62. The van der Waals surface area contributed by atoms with Gasteiger partial charge in [0.1, 0.15) is 0 Å². The van der Waals surface area contributed by atoms with Crippen LogP contribution in [0, 0.1) is 0 Å². The van der Waals surface area contributed by atoms with Crippen molar-refractivity contribution in [3.05, 3.63) is 34.9 Å². The molecule has 2 aliphatic heterocycles. The van der Waals surface area contributed by atoms with Crippen LogP contribution in [0.3, 0.4) is 0 Å². The summed E-state index contributed by atoms with van der Waals surface area (Å²) in [7, 11) is 0. The van der Waals surface area contributed by atoms with Crippen molar-refractivity contribution in [1.82, 2.24) is 5.01 Å². The van der Waals surface area contributed by atoms with E-state index >= 15 is 0 Å². The van der Waals surface area contributed by atoms with Gasteiger partial charge in [0.05, 0.1) is 5.56 Å². The molecule has 1 aromatic rings. The summed E-state index contributed by atoms with van der Waals surface area (Å²) in [4.78, 5) is 12.2. The van der Waals surface area contributed by atoms with E-state index < -0.39 is 5.79 Å². The van der Waals surface area contributed by atoms with Crippen LogP contribution >= 0.6 is 0 Å². The number of fused-ring (bicyclic) bond motifs is 2. The van der Waals surface area contributed by atoms with Crippen molar-refractivity contribution < 1.29 is 4.79 Å². The van der Waals surface area contributed by atoms with Crippen LogP contribution < -0.4 is 5.84 Å². The van der Waals surface area contributed by atoms with Gasteiger partial charge in [-0.1, -0.05) is 38.0 Å². The first kappa shape index (κ1) is 11.3. The predicted molar refractivity (Wildman–Crippen MR) is 66.6 cm³/mol. The summed E-state index contributed by atoms with van der Waals surface area (Å²) in [5.41, 5.74) is 2.61. The maximum atomic E-state index is 12.2. The zero-order chi connectivity index (χ0) is 12.8. The van der Waals surface area contributed by atoms with E-state index in [2.05, 4.69) is 17.2 Å². The lowest BCUT2D eigenvalue weighted by Gasteiger charge is -2.12. The van der Waals surface area contributed by atoms with Crippen molar-refractivity contribution in [3.63, 3.8) is 0 Å². The van der Waals surface area contributed by atoms with Crippen molar-refractivity contribution in [1.29, 1.82) is 0 Å². The molecule has 5 heteroatoms. The van der Waals surface area contributed by atoms with Gasteiger partial charge >= 0.3 is 5.79 Å². The fraction of sp³-hybridized carbons (Fsp3) is 0.462. The molecule has 2 heterocycles. The molecular formula is C13H16N4O. The predicted octanol–water partition coefficient (Wildman–Crippen LogP) is 2.32. The second-order valence-electron chi connectivity index (χ2n) is 4.81. The highest BCUT2D eigenvalue weighted by atomic mass is 16.2. The van der Waals surface area contributed by atoms with E-state index in [-0.39, 0.29) is 5.91 Å². The molecule has 18 heavy (non-hydrogen) atoms. The maximum absolute atomic E-state index is 12.2. The van der Waals surface area contributed by atoms with Crippen molar-refractivity contribution in [2.24, 2.45) is 16.1 Å². The molecule has 2 aliphatic rings. The summed E-state index contributed by atoms with van der Waals surface area (Å²) in [6.07, 6.45) is 4.34. The molecule has 1 amide bonds. The second kappa shape index (κ2) is 3.88. The zero-order valence-electron chi connectivity index (χ0n) is 10.4. The summed E-state index contributed by atoms with van der Waals surface area (Å²) < 4.78 is 0. The normalized spacial score (nSPS) is 18.6. The fourth-order valence-electron chi connectivity index (χ4n) is 2.55. The van der Waals surface area contributed by atoms with Crippen LogP contribution in [0.4, 0.5) is 0 Å². The maximum Gasteiger partial charge on any atom is 0.307 e. The number of hydrazine groups is 1. The van der Waals surface area contributed by atoms with Gasteiger partial charge in [0, 0.05) is 5.56 Å². The molecule has 1 spiro atoms. The van der Waals surface area contributed by atoms with Crippen LogP contribution in [0.1, 0.15) is 47.7 Å². The number of rotatable bonds is 4. The summed E-state index contributed by atoms with van der Waals surface area (Å²) in [5, 5.41) is 9.04. The molecule has 1 aromatic carbocycles. The standard InChI is InChI=1S/C13H16N4O/c1-2-3-4-6-9-7-5-8-10-11(9)12(18)17(14)13(10)15-16-13/h5,7-8H,2-4,6,14H2,1H3. The van der Waals surface area contributed by atoms with E-state index in [1.54, 1.807) is 0 Å². The van der Waals surface area contributed by atoms with Gasteiger partial charge in [0.2, 0.25) is 0 Å². The molecule has 94 valence electrons. The molecule has 0 bridgehead atoms. The minimum Gasteiger partial charge on any atom is -0.267 e. The Morgan fingerprint density at radius 2 is 2.11 bits per heavy atom. The Kier molecular flexibility index (Phi) is 2.45. The Labute approximate surface area is 106 Å². The highest BCUT2D eigenvalue weighted by Gasteiger charge is 2.57. The second-order valence-corrected chi connectivity index (χ2v) is 4.81. The number of benzene rings is 1. The van der Waals surface area contributed by atoms with E-state index in [1.165, 1.54) is 12.8 Å². The number of nitrogens with zero attached hydrogens (tertiary/aromatic N) is 3. The van der Waals surface area contributed by atoms with Gasteiger partial charge in [0.25, 0.3) is 5.91 Å². The topological polar surface area (TPSA) is 71.0 Å². The largest absolute Gasteiger partial charge is 0.307 e. The van der Waals surface area contributed by atoms with Gasteiger partial charge in [-0.15, -0.1) is 10.2 Å². The van der Waals surface area contributed by atoms with Gasteiger partial charge in [0.15, 0.2) is 0 Å². The molecular weight excluding hydrogens is 228 g/mol. The summed E-state index contributed by atoms with van der Waals surface area (Å²) >= 11 is 0. The third-order valence-corrected chi connectivity index (χ3v) is 3.62. The summed E-state index contributed by atoms with van der Waals surface area (Å²) in [6.45, 7) is 2.17. The lowest BCUT2D eigenvalue weighted by molar-refractivity contribution is 0.0681. The molecule has 0 aliphatic carbocycles. The Hall–Kier alpha value is -1.75. The summed E-state index contributed by atoms with van der Waals surface area (Å²) in [5.74, 6) is 4.73. The molecule has 0 atom stereocenters. The van der Waals surface area contributed by atoms with Crippen LogP contribution in [0.25, 0.3) is 0 Å². The van der Waals surface area contributed by atoms with Gasteiger partial charge in [-0.25, -0.2) is 10.9 Å². The number of aryl methyl sites for hydroxylation is 1. The number of carbonyl (C=O) groups excluding carboxylic acids is 1. The Morgan fingerprint density at radius 1 is 1.33 bits per heavy atom. The molecule has 2 N–H and O–H groups in total. The lowest BCUT2D eigenvalue weighted by atomic mass is 9.97. The fourth-order valence-corrected chi connectivity index (χ4v) is 2.55. The number of amides is 1. The Bertz CT molecular complexity index is 532. The van der Waals surface area contributed by atoms with Crippen molar-refractivity contribution in [3.8, 4) is 0 Å². The van der Waals surface area contributed by atoms with Crippen LogP contribution in [0.5, 0.6) is 0 Å². The van der Waals surface area contributed by atoms with Crippen LogP contribution in [-0.4, -0.2) is 10.9 Å². The Balaban J connectivity index is 1.95. The van der Waals surface area contributed by atoms with Crippen molar-refractivity contribution in [2.75, 3.05) is 0 Å². The van der Waals surface area contributed by atoms with E-state index in [1.807, 2.05) is 18.2 Å². The average molecular weight is 244 g/mol. The molecule has 3 rings (SSSR count). The number of carbonyl (C=O) groups is 1. The first-order valence-corrected chi connectivity index (χ1v) is 6.36. The van der Waals surface area contributed by atoms with Gasteiger partial charge in [-0.05, 0) is 18.4 Å². The van der Waals surface area contributed by atoms with Crippen LogP contribution in [0.2, 0.25) is 0 Å². The zero-order valence-corrected chi connectivity index (χ0v) is 10.4. The minimum absolute atomic E-state index is 0.165.